The average molecular weight is 466 g/mol. The van der Waals surface area contributed by atoms with E-state index >= 15 is 0 Å². The quantitative estimate of drug-likeness (QED) is 0.203. The van der Waals surface area contributed by atoms with Crippen molar-refractivity contribution in [3.8, 4) is 5.75 Å². The number of oxime groups is 1. The summed E-state index contributed by atoms with van der Waals surface area (Å²) in [5, 5.41) is 6.95. The minimum Gasteiger partial charge on any atom is -0.497 e. The molecule has 0 atom stereocenters. The summed E-state index contributed by atoms with van der Waals surface area (Å²) >= 11 is 0. The van der Waals surface area contributed by atoms with E-state index in [1.165, 1.54) is 38.5 Å². The van der Waals surface area contributed by atoms with E-state index in [0.717, 1.165) is 43.1 Å². The van der Waals surface area contributed by atoms with Crippen LogP contribution in [-0.4, -0.2) is 43.4 Å². The van der Waals surface area contributed by atoms with Crippen molar-refractivity contribution in [3.63, 3.8) is 0 Å². The van der Waals surface area contributed by atoms with Crippen LogP contribution in [0.15, 0.2) is 59.8 Å². The molecule has 1 aliphatic heterocycles. The van der Waals surface area contributed by atoms with Gasteiger partial charge in [-0.2, -0.15) is 0 Å². The van der Waals surface area contributed by atoms with Crippen molar-refractivity contribution in [2.75, 3.05) is 32.1 Å². The lowest BCUT2D eigenvalue weighted by molar-refractivity contribution is -0.0144. The van der Waals surface area contributed by atoms with Crippen LogP contribution in [0.5, 0.6) is 5.75 Å². The van der Waals surface area contributed by atoms with Gasteiger partial charge in [0.05, 0.1) is 12.8 Å². The molecular formula is C28H39N3O3. The van der Waals surface area contributed by atoms with Crippen molar-refractivity contribution in [2.24, 2.45) is 10.6 Å². The van der Waals surface area contributed by atoms with Crippen LogP contribution in [0.25, 0.3) is 0 Å². The number of anilines is 1. The summed E-state index contributed by atoms with van der Waals surface area (Å²) in [4.78, 5) is 20.1. The molecule has 0 spiro atoms. The van der Waals surface area contributed by atoms with E-state index in [1.54, 1.807) is 31.4 Å². The fourth-order valence-electron chi connectivity index (χ4n) is 4.65. The topological polar surface area (TPSA) is 63.2 Å². The number of nitrogens with one attached hydrogen (secondary N) is 1. The Labute approximate surface area is 204 Å². The minimum atomic E-state index is -0.610. The fourth-order valence-corrected chi connectivity index (χ4v) is 4.65. The Hall–Kier alpha value is -2.86. The predicted molar refractivity (Wildman–Crippen MR) is 139 cm³/mol. The van der Waals surface area contributed by atoms with E-state index in [1.807, 2.05) is 30.3 Å². The lowest BCUT2D eigenvalue weighted by atomic mass is 9.72. The molecule has 1 saturated heterocycles. The van der Waals surface area contributed by atoms with Gasteiger partial charge >= 0.3 is 6.09 Å². The molecule has 0 saturated carbocycles. The number of carbonyl (C=O) groups is 1. The maximum atomic E-state index is 12.3. The molecule has 2 aromatic rings. The molecule has 1 heterocycles. The molecule has 1 amide bonds. The largest absolute Gasteiger partial charge is 0.497 e. The molecule has 34 heavy (non-hydrogen) atoms. The van der Waals surface area contributed by atoms with Gasteiger partial charge in [0.25, 0.3) is 0 Å². The first-order chi connectivity index (χ1) is 16.6. The number of benzene rings is 2. The number of hydrogen-bond acceptors (Lipinski definition) is 5. The number of hydrogen-bond donors (Lipinski definition) is 1. The van der Waals surface area contributed by atoms with Crippen LogP contribution >= 0.6 is 0 Å². The Balaban J connectivity index is 1.57. The number of methoxy groups -OCH3 is 1. The Bertz CT molecular complexity index is 896. The normalized spacial score (nSPS) is 15.4. The van der Waals surface area contributed by atoms with Gasteiger partial charge in [-0.25, -0.2) is 4.79 Å². The SMILES string of the molecule is CCCCC1(CCCC)CN(CC/C(=N/OC(=O)Nc2ccc(OC)cc2)c2ccccc2)C1. The molecule has 0 unspecified atom stereocenters. The summed E-state index contributed by atoms with van der Waals surface area (Å²) in [6.45, 7) is 7.79. The van der Waals surface area contributed by atoms with E-state index < -0.39 is 6.09 Å². The average Bonchev–Trinajstić information content (AvgIpc) is 2.85. The number of likely N-dealkylation sites (tertiary alicyclic amines) is 1. The summed E-state index contributed by atoms with van der Waals surface area (Å²) in [5.74, 6) is 0.725. The zero-order valence-electron chi connectivity index (χ0n) is 20.9. The van der Waals surface area contributed by atoms with Gasteiger partial charge in [0.2, 0.25) is 0 Å². The van der Waals surface area contributed by atoms with Crippen LogP contribution in [-0.2, 0) is 4.84 Å². The van der Waals surface area contributed by atoms with Gasteiger partial charge in [0.1, 0.15) is 5.75 Å². The number of unbranched alkanes of at least 4 members (excludes halogenated alkanes) is 2. The maximum Gasteiger partial charge on any atom is 0.437 e. The Morgan fingerprint density at radius 2 is 1.65 bits per heavy atom. The van der Waals surface area contributed by atoms with Crippen molar-refractivity contribution in [2.45, 2.75) is 58.8 Å². The van der Waals surface area contributed by atoms with E-state index in [0.29, 0.717) is 11.1 Å². The Morgan fingerprint density at radius 1 is 1.00 bits per heavy atom. The first-order valence-corrected chi connectivity index (χ1v) is 12.5. The monoisotopic (exact) mass is 465 g/mol. The van der Waals surface area contributed by atoms with Crippen LogP contribution < -0.4 is 10.1 Å². The number of nitrogens with zero attached hydrogens (tertiary/aromatic N) is 2. The van der Waals surface area contributed by atoms with Crippen molar-refractivity contribution in [3.05, 3.63) is 60.2 Å². The second kappa shape index (κ2) is 13.1. The van der Waals surface area contributed by atoms with Gasteiger partial charge in [-0.1, -0.05) is 75.0 Å². The zero-order valence-corrected chi connectivity index (χ0v) is 20.9. The summed E-state index contributed by atoms with van der Waals surface area (Å²) in [7, 11) is 1.60. The van der Waals surface area contributed by atoms with Crippen molar-refractivity contribution in [1.29, 1.82) is 0 Å². The summed E-state index contributed by atoms with van der Waals surface area (Å²) in [6, 6.07) is 17.0. The van der Waals surface area contributed by atoms with Crippen LogP contribution in [0.3, 0.4) is 0 Å². The van der Waals surface area contributed by atoms with Gasteiger partial charge in [0, 0.05) is 31.7 Å². The predicted octanol–water partition coefficient (Wildman–Crippen LogP) is 6.72. The van der Waals surface area contributed by atoms with E-state index in [2.05, 4.69) is 29.2 Å². The third-order valence-electron chi connectivity index (χ3n) is 6.59. The molecule has 1 N–H and O–H groups in total. The standard InChI is InChI=1S/C28H39N3O3/c1-4-6-18-28(19-7-5-2)21-31(22-28)20-17-26(23-11-9-8-10-12-23)30-34-27(32)29-24-13-15-25(33-3)16-14-24/h8-16H,4-7,17-22H2,1-3H3,(H,29,32)/b30-26-. The molecule has 0 aromatic heterocycles. The summed E-state index contributed by atoms with van der Waals surface area (Å²) in [6.07, 6.45) is 7.92. The second-order valence-electron chi connectivity index (χ2n) is 9.30. The van der Waals surface area contributed by atoms with Crippen molar-refractivity contribution in [1.82, 2.24) is 4.90 Å². The van der Waals surface area contributed by atoms with E-state index in [-0.39, 0.29) is 0 Å². The van der Waals surface area contributed by atoms with Gasteiger partial charge in [-0.05, 0) is 48.1 Å². The molecule has 3 rings (SSSR count). The molecule has 0 bridgehead atoms. The lowest BCUT2D eigenvalue weighted by Gasteiger charge is -2.51. The van der Waals surface area contributed by atoms with Gasteiger partial charge in [0.15, 0.2) is 0 Å². The highest BCUT2D eigenvalue weighted by Crippen LogP contribution is 2.40. The van der Waals surface area contributed by atoms with Crippen LogP contribution in [0.1, 0.15) is 64.4 Å². The first kappa shape index (κ1) is 25.8. The molecule has 2 aromatic carbocycles. The lowest BCUT2D eigenvalue weighted by Crippen LogP contribution is -2.56. The minimum absolute atomic E-state index is 0.491. The van der Waals surface area contributed by atoms with Gasteiger partial charge in [-0.3, -0.25) is 10.2 Å². The van der Waals surface area contributed by atoms with Crippen molar-refractivity contribution >= 4 is 17.5 Å². The van der Waals surface area contributed by atoms with Gasteiger partial charge < -0.3 is 9.64 Å². The number of rotatable bonds is 13. The van der Waals surface area contributed by atoms with Gasteiger partial charge in [-0.15, -0.1) is 0 Å². The number of carbonyl (C=O) groups excluding carboxylic acids is 1. The fraction of sp³-hybridized carbons (Fsp3) is 0.500. The Kier molecular flexibility index (Phi) is 9.95. The molecule has 0 aliphatic carbocycles. The van der Waals surface area contributed by atoms with Crippen LogP contribution in [0.4, 0.5) is 10.5 Å². The van der Waals surface area contributed by atoms with Crippen LogP contribution in [0, 0.1) is 5.41 Å². The highest BCUT2D eigenvalue weighted by Gasteiger charge is 2.41. The van der Waals surface area contributed by atoms with Crippen molar-refractivity contribution < 1.29 is 14.4 Å². The number of ether oxygens (including phenoxy) is 1. The molecule has 1 aliphatic rings. The van der Waals surface area contributed by atoms with E-state index in [4.69, 9.17) is 9.57 Å². The molecule has 6 nitrogen and oxygen atoms in total. The highest BCUT2D eigenvalue weighted by molar-refractivity contribution is 6.00. The molecule has 6 heteroatoms. The summed E-state index contributed by atoms with van der Waals surface area (Å²) in [5.41, 5.74) is 2.87. The smallest absolute Gasteiger partial charge is 0.437 e. The molecule has 184 valence electrons. The second-order valence-corrected chi connectivity index (χ2v) is 9.30. The molecular weight excluding hydrogens is 426 g/mol. The highest BCUT2D eigenvalue weighted by atomic mass is 16.7. The summed E-state index contributed by atoms with van der Waals surface area (Å²) < 4.78 is 5.14. The zero-order chi connectivity index (χ0) is 24.2. The Morgan fingerprint density at radius 3 is 2.24 bits per heavy atom. The third kappa shape index (κ3) is 7.59. The van der Waals surface area contributed by atoms with E-state index in [9.17, 15) is 4.79 Å². The molecule has 1 fully saturated rings. The first-order valence-electron chi connectivity index (χ1n) is 12.5. The maximum absolute atomic E-state index is 12.3. The molecule has 0 radical (unpaired) electrons. The number of amides is 1. The van der Waals surface area contributed by atoms with Crippen LogP contribution in [0.2, 0.25) is 0 Å². The third-order valence-corrected chi connectivity index (χ3v) is 6.59.